The van der Waals surface area contributed by atoms with Crippen LogP contribution in [0.1, 0.15) is 36.5 Å². The van der Waals surface area contributed by atoms with Gasteiger partial charge in [0.15, 0.2) is 5.13 Å². The minimum absolute atomic E-state index is 0.127. The Bertz CT molecular complexity index is 1320. The minimum atomic E-state index is -2.86. The maximum atomic E-state index is 13.1. The van der Waals surface area contributed by atoms with Gasteiger partial charge in [0.2, 0.25) is 0 Å². The number of hydrogen-bond acceptors (Lipinski definition) is 6. The number of rotatable bonds is 6. The van der Waals surface area contributed by atoms with E-state index < -0.39 is 23.9 Å². The lowest BCUT2D eigenvalue weighted by Crippen LogP contribution is -2.12. The average molecular weight is 596 g/mol. The number of anilines is 2. The summed E-state index contributed by atoms with van der Waals surface area (Å²) in [4.78, 5) is 33.1. The Balaban J connectivity index is 1.49. The maximum absolute atomic E-state index is 13.1. The molecule has 4 aromatic rings. The molecule has 0 aliphatic carbocycles. The van der Waals surface area contributed by atoms with Gasteiger partial charge in [-0.3, -0.25) is 14.9 Å². The average Bonchev–Trinajstić information content (AvgIpc) is 3.41. The summed E-state index contributed by atoms with van der Waals surface area (Å²) < 4.78 is 27.4. The molecule has 0 atom stereocenters. The molecule has 2 heterocycles. The van der Waals surface area contributed by atoms with E-state index in [4.69, 9.17) is 0 Å². The van der Waals surface area contributed by atoms with E-state index in [0.717, 1.165) is 37.4 Å². The van der Waals surface area contributed by atoms with Crippen LogP contribution in [0.15, 0.2) is 54.7 Å². The number of amides is 2. The van der Waals surface area contributed by atoms with E-state index in [1.807, 2.05) is 42.5 Å². The predicted molar refractivity (Wildman–Crippen MR) is 134 cm³/mol. The fourth-order valence-electron chi connectivity index (χ4n) is 3.00. The van der Waals surface area contributed by atoms with Crippen LogP contribution in [0.3, 0.4) is 0 Å². The Labute approximate surface area is 209 Å². The zero-order valence-corrected chi connectivity index (χ0v) is 20.7. The van der Waals surface area contributed by atoms with Gasteiger partial charge in [0.1, 0.15) is 15.4 Å². The molecule has 0 aliphatic rings. The number of nitrogens with zero attached hydrogens (tertiary/aromatic N) is 2. The van der Waals surface area contributed by atoms with E-state index in [9.17, 15) is 18.4 Å². The lowest BCUT2D eigenvalue weighted by Gasteiger charge is -2.10. The summed E-state index contributed by atoms with van der Waals surface area (Å²) in [5.74, 6) is -1.13. The second-order valence-corrected chi connectivity index (χ2v) is 10.2. The van der Waals surface area contributed by atoms with Gasteiger partial charge in [0, 0.05) is 14.8 Å². The van der Waals surface area contributed by atoms with Crippen LogP contribution in [0.25, 0.3) is 11.1 Å². The van der Waals surface area contributed by atoms with Crippen LogP contribution in [-0.4, -0.2) is 21.8 Å². The fraction of sp³-hybridized carbons (Fsp3) is 0.0909. The molecule has 0 fully saturated rings. The molecule has 11 heteroatoms. The maximum Gasteiger partial charge on any atom is 0.282 e. The molecular weight excluding hydrogens is 581 g/mol. The molecule has 0 saturated carbocycles. The van der Waals surface area contributed by atoms with Crippen LogP contribution in [0.2, 0.25) is 0 Å². The van der Waals surface area contributed by atoms with Crippen LogP contribution in [0.5, 0.6) is 0 Å². The number of alkyl halides is 2. The van der Waals surface area contributed by atoms with Gasteiger partial charge in [-0.2, -0.15) is 0 Å². The Morgan fingerprint density at radius 2 is 1.73 bits per heavy atom. The molecule has 0 aliphatic heterocycles. The molecule has 4 rings (SSSR count). The van der Waals surface area contributed by atoms with Crippen molar-refractivity contribution in [2.75, 3.05) is 10.6 Å². The molecule has 6 nitrogen and oxygen atoms in total. The van der Waals surface area contributed by atoms with Gasteiger partial charge in [-0.15, -0.1) is 11.3 Å². The molecule has 0 spiro atoms. The van der Waals surface area contributed by atoms with Gasteiger partial charge in [0.05, 0.1) is 11.2 Å². The van der Waals surface area contributed by atoms with Crippen LogP contribution in [0.4, 0.5) is 19.6 Å². The molecule has 2 aromatic heterocycles. The third-order valence-corrected chi connectivity index (χ3v) is 7.07. The Kier molecular flexibility index (Phi) is 7.10. The van der Waals surface area contributed by atoms with E-state index in [1.54, 1.807) is 13.0 Å². The molecule has 0 saturated heterocycles. The van der Waals surface area contributed by atoms with Gasteiger partial charge >= 0.3 is 0 Å². The van der Waals surface area contributed by atoms with Crippen molar-refractivity contribution in [3.05, 3.63) is 78.8 Å². The van der Waals surface area contributed by atoms with Crippen molar-refractivity contribution in [2.24, 2.45) is 0 Å². The van der Waals surface area contributed by atoms with Crippen molar-refractivity contribution in [1.29, 1.82) is 0 Å². The van der Waals surface area contributed by atoms with Crippen molar-refractivity contribution in [2.45, 2.75) is 13.3 Å². The number of para-hydroxylation sites is 1. The highest BCUT2D eigenvalue weighted by Crippen LogP contribution is 2.31. The lowest BCUT2D eigenvalue weighted by molar-refractivity contribution is 0.101. The highest BCUT2D eigenvalue weighted by atomic mass is 127. The zero-order chi connectivity index (χ0) is 23.5. The van der Waals surface area contributed by atoms with E-state index in [-0.39, 0.29) is 14.9 Å². The fourth-order valence-corrected chi connectivity index (χ4v) is 4.89. The number of hydrogen-bond donors (Lipinski definition) is 2. The molecule has 2 amide bonds. The summed E-state index contributed by atoms with van der Waals surface area (Å²) >= 11 is 4.05. The monoisotopic (exact) mass is 596 g/mol. The third-order valence-electron chi connectivity index (χ3n) is 4.45. The summed E-state index contributed by atoms with van der Waals surface area (Å²) in [6, 6.07) is 15.3. The number of nitrogens with one attached hydrogen (secondary N) is 2. The van der Waals surface area contributed by atoms with Crippen LogP contribution in [0, 0.1) is 10.5 Å². The molecule has 2 N–H and O–H groups in total. The molecular formula is C22H15F2IN4O2S2. The summed E-state index contributed by atoms with van der Waals surface area (Å²) in [7, 11) is 0. The first-order chi connectivity index (χ1) is 15.8. The highest BCUT2D eigenvalue weighted by Gasteiger charge is 2.24. The van der Waals surface area contributed by atoms with Crippen molar-refractivity contribution in [1.82, 2.24) is 9.97 Å². The van der Waals surface area contributed by atoms with E-state index in [2.05, 4.69) is 43.2 Å². The second kappa shape index (κ2) is 10.0. The number of benzene rings is 2. The summed E-state index contributed by atoms with van der Waals surface area (Å²) in [5.41, 5.74) is 1.89. The minimum Gasteiger partial charge on any atom is -0.321 e. The number of aryl methyl sites for hydroxylation is 1. The molecule has 0 bridgehead atoms. The predicted octanol–water partition coefficient (Wildman–Crippen LogP) is 6.62. The smallest absolute Gasteiger partial charge is 0.282 e. The number of aromatic nitrogens is 2. The summed E-state index contributed by atoms with van der Waals surface area (Å²) in [5, 5.41) is 5.84. The Morgan fingerprint density at radius 3 is 2.45 bits per heavy atom. The Hall–Kier alpha value is -2.77. The molecule has 168 valence electrons. The summed E-state index contributed by atoms with van der Waals surface area (Å²) in [6.07, 6.45) is -1.53. The first-order valence-electron chi connectivity index (χ1n) is 9.51. The topological polar surface area (TPSA) is 84.0 Å². The number of halogens is 3. The van der Waals surface area contributed by atoms with Crippen LogP contribution >= 0.6 is 45.3 Å². The van der Waals surface area contributed by atoms with Gasteiger partial charge in [-0.05, 0) is 53.3 Å². The number of carbonyl (C=O) groups excluding carboxylic acids is 2. The van der Waals surface area contributed by atoms with Crippen molar-refractivity contribution in [3.8, 4) is 11.1 Å². The van der Waals surface area contributed by atoms with E-state index in [0.29, 0.717) is 10.7 Å². The van der Waals surface area contributed by atoms with Crippen molar-refractivity contribution < 1.29 is 18.4 Å². The molecule has 0 unspecified atom stereocenters. The standard InChI is InChI=1S/C22H15F2IN4O2S2/c1-11-27-17(19(23)24)18(32-11)21(31)29-22-26-10-16(33-22)20(30)28-15-5-3-2-4-14(15)12-6-8-13(25)9-7-12/h2-10,19H,1H3,(H,28,30)(H,26,29,31). The normalized spacial score (nSPS) is 10.9. The zero-order valence-electron chi connectivity index (χ0n) is 16.9. The number of carbonyl (C=O) groups is 2. The molecule has 33 heavy (non-hydrogen) atoms. The van der Waals surface area contributed by atoms with Gasteiger partial charge in [-0.1, -0.05) is 41.7 Å². The highest BCUT2D eigenvalue weighted by molar-refractivity contribution is 14.1. The van der Waals surface area contributed by atoms with Crippen molar-refractivity contribution in [3.63, 3.8) is 0 Å². The Morgan fingerprint density at radius 1 is 1.00 bits per heavy atom. The first kappa shape index (κ1) is 23.4. The molecule has 0 radical (unpaired) electrons. The number of thiazole rings is 2. The third kappa shape index (κ3) is 5.42. The molecule has 2 aromatic carbocycles. The van der Waals surface area contributed by atoms with Gasteiger partial charge in [-0.25, -0.2) is 18.7 Å². The van der Waals surface area contributed by atoms with Gasteiger partial charge < -0.3 is 5.32 Å². The van der Waals surface area contributed by atoms with Crippen LogP contribution < -0.4 is 10.6 Å². The van der Waals surface area contributed by atoms with Crippen LogP contribution in [-0.2, 0) is 0 Å². The van der Waals surface area contributed by atoms with E-state index in [1.165, 1.54) is 6.20 Å². The van der Waals surface area contributed by atoms with Crippen molar-refractivity contribution >= 4 is 67.9 Å². The summed E-state index contributed by atoms with van der Waals surface area (Å²) in [6.45, 7) is 1.55. The first-order valence-corrected chi connectivity index (χ1v) is 12.2. The quantitative estimate of drug-likeness (QED) is 0.245. The van der Waals surface area contributed by atoms with Gasteiger partial charge in [0.25, 0.3) is 18.2 Å². The second-order valence-electron chi connectivity index (χ2n) is 6.74. The largest absolute Gasteiger partial charge is 0.321 e. The van der Waals surface area contributed by atoms with E-state index >= 15 is 0 Å². The lowest BCUT2D eigenvalue weighted by atomic mass is 10.0. The SMILES string of the molecule is Cc1nc(C(F)F)c(C(=O)Nc2ncc(C(=O)Nc3ccccc3-c3ccc(I)cc3)s2)s1.